The summed E-state index contributed by atoms with van der Waals surface area (Å²) in [6, 6.07) is 85.7. The number of phenolic OH excluding ortho intramolecular Hbond substituents is 1. The molecule has 11 N–H and O–H groups in total. The van der Waals surface area contributed by atoms with Gasteiger partial charge in [-0.3, -0.25) is 32.9 Å². The van der Waals surface area contributed by atoms with Gasteiger partial charge >= 0.3 is 5.97 Å². The summed E-state index contributed by atoms with van der Waals surface area (Å²) in [4.78, 5) is 104. The number of carboxylic acid groups (broad SMARTS) is 1. The first-order chi connectivity index (χ1) is 63.6. The number of para-hydroxylation sites is 8. The largest absolute Gasteiger partial charge is 0.506 e. The van der Waals surface area contributed by atoms with Crippen molar-refractivity contribution in [3.8, 4) is 40.1 Å². The second-order valence-corrected chi connectivity index (χ2v) is 30.5. The molecule has 12 aromatic carbocycles. The van der Waals surface area contributed by atoms with Crippen molar-refractivity contribution in [2.75, 3.05) is 28.3 Å². The third-order valence-corrected chi connectivity index (χ3v) is 21.7. The molecule has 0 unspecified atom stereocenters. The van der Waals surface area contributed by atoms with Crippen LogP contribution in [-0.4, -0.2) is 89.8 Å². The number of fused-ring (bicyclic) bond motifs is 5. The lowest BCUT2D eigenvalue weighted by Gasteiger charge is -2.18. The van der Waals surface area contributed by atoms with Gasteiger partial charge in [0.1, 0.15) is 84.0 Å². The molecule has 0 saturated heterocycles. The number of phenols is 1. The van der Waals surface area contributed by atoms with E-state index < -0.39 is 5.97 Å². The number of carboxylic acids is 1. The molecule has 0 atom stereocenters. The second-order valence-electron chi connectivity index (χ2n) is 30.2. The number of carbonyl (C=O) groups excluding carboxylic acids is 1. The Balaban J connectivity index is 0.000000130. The zero-order chi connectivity index (χ0) is 91.8. The predicted octanol–water partition coefficient (Wildman–Crippen LogP) is 16.9. The van der Waals surface area contributed by atoms with Crippen molar-refractivity contribution < 1.29 is 34.0 Å². The molecule has 0 aliphatic rings. The normalized spacial score (nSPS) is 10.9. The third-order valence-electron chi connectivity index (χ3n) is 21.4. The van der Waals surface area contributed by atoms with E-state index >= 15 is 0 Å². The molecular formula is C101H88ClN19O10. The number of nitrogens with zero attached hydrogens (tertiary/aromatic N) is 14. The predicted molar refractivity (Wildman–Crippen MR) is 510 cm³/mol. The molecule has 7 aromatic heterocycles. The Morgan fingerprint density at radius 1 is 0.382 bits per heavy atom. The van der Waals surface area contributed by atoms with Gasteiger partial charge in [-0.15, -0.1) is 11.6 Å². The lowest BCUT2D eigenvalue weighted by Crippen LogP contribution is -2.27. The first-order valence-electron chi connectivity index (χ1n) is 41.3. The van der Waals surface area contributed by atoms with Crippen molar-refractivity contribution in [3.63, 3.8) is 0 Å². The number of imidazole rings is 2. The standard InChI is InChI=1S/C28H23N7O2.C23H19ClN2O2.C21H17N7O2.C21H20N2O2.C8H9NO2/c1-18-8-7-12-21-24(18)28(36)35(22-13-6-5-9-19(22)15-37-20-10-3-2-4-11-20)23(33-21)14-34-17-32-25-26(29)30-16-31-27(25)34;1-16-8-7-12-19-22(16)23(27)26(21(14-24)25-19)20-13-6-5-9-17(20)15-28-18-10-3-2-4-11-18;1-12-5-4-6-13-17(12)21(30)28(14-7-2-3-8-15(14)29)16(26-13)9-27-11-25-18-19(22)23-10-24-20(18)27;1-15-8-7-12-18(22)20(15)21(24)23-19-13-6-5-9-16(19)14-25-17-10-3-2-4-11-17;1-5-3-2-4-6(9)7(5)8(10)11/h2-13,16-17H,14-15H2,1H3,(H2,29,30,31);2-13H,14-15H2,1H3;2-8,10-11,29H,9H2,1H3,(H2,22,23,24);2-13H,14,22H2,1H3,(H,23,24);2-4H,9H2,1H3,(H,10,11). The van der Waals surface area contributed by atoms with Gasteiger partial charge in [0.2, 0.25) is 0 Å². The number of anilines is 5. The highest BCUT2D eigenvalue weighted by atomic mass is 35.5. The number of aryl methyl sites for hydroxylation is 5. The van der Waals surface area contributed by atoms with Gasteiger partial charge in [-0.05, 0) is 159 Å². The number of carbonyl (C=O) groups is 2. The minimum absolute atomic E-state index is 0.0161. The van der Waals surface area contributed by atoms with Gasteiger partial charge < -0.3 is 61.8 Å². The Kier molecular flexibility index (Phi) is 27.3. The maximum atomic E-state index is 14.1. The Morgan fingerprint density at radius 2 is 0.733 bits per heavy atom. The van der Waals surface area contributed by atoms with Crippen LogP contribution >= 0.6 is 11.6 Å². The van der Waals surface area contributed by atoms with Gasteiger partial charge in [-0.2, -0.15) is 0 Å². The first kappa shape index (κ1) is 88.6. The lowest BCUT2D eigenvalue weighted by molar-refractivity contribution is 0.0697. The fourth-order valence-corrected chi connectivity index (χ4v) is 15.2. The molecule has 19 rings (SSSR count). The molecule has 19 aromatic rings. The number of amides is 1. The maximum Gasteiger partial charge on any atom is 0.338 e. The van der Waals surface area contributed by atoms with Crippen LogP contribution in [-0.2, 0) is 38.8 Å². The summed E-state index contributed by atoms with van der Waals surface area (Å²) in [5.41, 5.74) is 37.4. The van der Waals surface area contributed by atoms with Crippen LogP contribution in [0.5, 0.6) is 23.0 Å². The minimum Gasteiger partial charge on any atom is -0.506 e. The third kappa shape index (κ3) is 19.9. The van der Waals surface area contributed by atoms with Gasteiger partial charge in [0, 0.05) is 33.8 Å². The van der Waals surface area contributed by atoms with Crippen LogP contribution in [0.25, 0.3) is 72.1 Å². The van der Waals surface area contributed by atoms with Gasteiger partial charge in [0.15, 0.2) is 22.9 Å². The molecule has 0 bridgehead atoms. The zero-order valence-electron chi connectivity index (χ0n) is 71.7. The van der Waals surface area contributed by atoms with Crippen LogP contribution in [0.15, 0.2) is 319 Å². The number of nitrogens with one attached hydrogen (secondary N) is 1. The van der Waals surface area contributed by atoms with Crippen molar-refractivity contribution >= 4 is 107 Å². The van der Waals surface area contributed by atoms with Crippen molar-refractivity contribution in [3.05, 3.63) is 409 Å². The molecule has 0 saturated carbocycles. The molecule has 0 fully saturated rings. The molecular weight excluding hydrogens is 1670 g/mol. The highest BCUT2D eigenvalue weighted by Crippen LogP contribution is 2.30. The lowest BCUT2D eigenvalue weighted by atomic mass is 10.1. The van der Waals surface area contributed by atoms with Gasteiger partial charge in [-0.1, -0.05) is 182 Å². The van der Waals surface area contributed by atoms with E-state index in [1.807, 2.05) is 257 Å². The van der Waals surface area contributed by atoms with Gasteiger partial charge in [0.05, 0.1) is 92.5 Å². The van der Waals surface area contributed by atoms with Crippen LogP contribution in [0.4, 0.5) is 28.7 Å². The quantitative estimate of drug-likeness (QED) is 0.0275. The van der Waals surface area contributed by atoms with Crippen LogP contribution in [0.1, 0.15) is 82.7 Å². The maximum absolute atomic E-state index is 14.1. The van der Waals surface area contributed by atoms with Crippen molar-refractivity contribution in [1.29, 1.82) is 0 Å². The van der Waals surface area contributed by atoms with Gasteiger partial charge in [-0.25, -0.2) is 49.7 Å². The van der Waals surface area contributed by atoms with E-state index in [0.29, 0.717) is 131 Å². The van der Waals surface area contributed by atoms with E-state index in [1.165, 1.54) is 23.3 Å². The topological polar surface area (TPSA) is 410 Å². The highest BCUT2D eigenvalue weighted by Gasteiger charge is 2.24. The average Bonchev–Trinajstić information content (AvgIpc) is 1.72. The number of nitrogens with two attached hydrogens (primary N) is 4. The number of alkyl halides is 1. The summed E-state index contributed by atoms with van der Waals surface area (Å²) < 4.78 is 26.0. The minimum atomic E-state index is -0.972. The molecule has 30 heteroatoms. The number of hydrogen-bond donors (Lipinski definition) is 7. The Bertz CT molecular complexity index is 7580. The fourth-order valence-electron chi connectivity index (χ4n) is 15.0. The van der Waals surface area contributed by atoms with E-state index in [0.717, 1.165) is 61.9 Å². The van der Waals surface area contributed by atoms with Crippen LogP contribution in [0, 0.1) is 34.6 Å². The molecule has 7 heterocycles. The number of aromatic nitrogens is 14. The van der Waals surface area contributed by atoms with E-state index in [-0.39, 0.29) is 65.3 Å². The number of aromatic carboxylic acids is 1. The average molecular weight is 1760 g/mol. The van der Waals surface area contributed by atoms with Crippen LogP contribution in [0.3, 0.4) is 0 Å². The summed E-state index contributed by atoms with van der Waals surface area (Å²) in [5, 5.41) is 23.7. The summed E-state index contributed by atoms with van der Waals surface area (Å²) in [6.07, 6.45) is 5.98. The summed E-state index contributed by atoms with van der Waals surface area (Å²) in [6.45, 7) is 10.7. The number of aromatic hydroxyl groups is 1. The summed E-state index contributed by atoms with van der Waals surface area (Å²) >= 11 is 6.17. The Labute approximate surface area is 754 Å². The van der Waals surface area contributed by atoms with Crippen LogP contribution in [0.2, 0.25) is 0 Å². The monoisotopic (exact) mass is 1760 g/mol. The smallest absolute Gasteiger partial charge is 0.338 e. The van der Waals surface area contributed by atoms with Crippen molar-refractivity contribution in [2.24, 2.45) is 0 Å². The number of halogens is 1. The summed E-state index contributed by atoms with van der Waals surface area (Å²) in [7, 11) is 0. The van der Waals surface area contributed by atoms with E-state index in [2.05, 4.69) is 40.2 Å². The highest BCUT2D eigenvalue weighted by molar-refractivity contribution is 6.17. The Hall–Kier alpha value is -17.2. The number of benzene rings is 12. The van der Waals surface area contributed by atoms with E-state index in [1.54, 1.807) is 81.8 Å². The van der Waals surface area contributed by atoms with E-state index in [4.69, 9.17) is 63.8 Å². The molecule has 0 aliphatic carbocycles. The number of rotatable bonds is 20. The molecule has 1 amide bonds. The molecule has 0 spiro atoms. The molecule has 654 valence electrons. The molecule has 0 aliphatic heterocycles. The zero-order valence-corrected chi connectivity index (χ0v) is 72.5. The number of ether oxygens (including phenoxy) is 3. The molecule has 29 nitrogen and oxygen atoms in total. The summed E-state index contributed by atoms with van der Waals surface area (Å²) in [5.74, 6) is 3.28. The molecule has 0 radical (unpaired) electrons. The van der Waals surface area contributed by atoms with Crippen molar-refractivity contribution in [1.82, 2.24) is 67.7 Å². The van der Waals surface area contributed by atoms with Crippen LogP contribution < -0.4 is 59.1 Å². The number of hydrogen-bond acceptors (Lipinski definition) is 22. The fraction of sp³-hybridized carbons (Fsp3) is 0.109. The first-order valence-corrected chi connectivity index (χ1v) is 41.9. The van der Waals surface area contributed by atoms with Gasteiger partial charge in [0.25, 0.3) is 22.6 Å². The molecule has 131 heavy (non-hydrogen) atoms. The van der Waals surface area contributed by atoms with E-state index in [9.17, 15) is 29.1 Å². The second kappa shape index (κ2) is 40.4. The number of nitrogen functional groups attached to an aromatic ring is 4. The Morgan fingerprint density at radius 3 is 1.15 bits per heavy atom. The van der Waals surface area contributed by atoms with Crippen molar-refractivity contribution in [2.45, 2.75) is 73.4 Å². The SMILES string of the molecule is Cc1cccc(N)c1C(=O)Nc1ccccc1COc1ccccc1.Cc1cccc(N)c1C(=O)O.Cc1cccc2nc(CCl)n(-c3ccccc3COc3ccccc3)c(=O)c12.Cc1cccc2nc(Cn3cnc4c(N)ncnc43)n(-c3ccccc3COc3ccccc3)c(=O)c12.Cc1cccc2nc(Cn3cnc4c(N)ncnc43)n(-c3ccccc3O)c(=O)c12.